The van der Waals surface area contributed by atoms with E-state index in [0.717, 1.165) is 9.87 Å². The van der Waals surface area contributed by atoms with E-state index in [0.29, 0.717) is 34.3 Å². The lowest BCUT2D eigenvalue weighted by Gasteiger charge is -2.34. The Kier molecular flexibility index (Phi) is 11.2. The molecule has 0 unspecified atom stereocenters. The molecule has 0 radical (unpaired) electrons. The third kappa shape index (κ3) is 8.38. The van der Waals surface area contributed by atoms with E-state index < -0.39 is 28.5 Å². The van der Waals surface area contributed by atoms with Gasteiger partial charge in [0.1, 0.15) is 12.6 Å². The molecular formula is C33H33Cl2N3O4S. The molecule has 0 aromatic heterocycles. The van der Waals surface area contributed by atoms with E-state index >= 15 is 0 Å². The molecule has 0 aliphatic rings. The van der Waals surface area contributed by atoms with Crippen molar-refractivity contribution in [1.82, 2.24) is 10.2 Å². The third-order valence-corrected chi connectivity index (χ3v) is 9.21. The van der Waals surface area contributed by atoms with Gasteiger partial charge in [0, 0.05) is 29.6 Å². The Morgan fingerprint density at radius 2 is 1.44 bits per heavy atom. The largest absolute Gasteiger partial charge is 0.354 e. The van der Waals surface area contributed by atoms with Gasteiger partial charge in [0.25, 0.3) is 10.0 Å². The highest BCUT2D eigenvalue weighted by Gasteiger charge is 2.34. The molecular weight excluding hydrogens is 605 g/mol. The SMILES string of the molecule is CCCNC(=O)[C@H](Cc1ccccc1)N(Cc1ccc(Cl)cc1Cl)C(=O)CN(c1ccccc1)S(=O)(=O)c1ccccc1. The molecule has 224 valence electrons. The number of carbonyl (C=O) groups excluding carboxylic acids is 2. The topological polar surface area (TPSA) is 86.8 Å². The number of benzene rings is 4. The van der Waals surface area contributed by atoms with Crippen molar-refractivity contribution >= 4 is 50.7 Å². The van der Waals surface area contributed by atoms with E-state index in [4.69, 9.17) is 23.2 Å². The minimum atomic E-state index is -4.15. The maximum Gasteiger partial charge on any atom is 0.264 e. The van der Waals surface area contributed by atoms with Gasteiger partial charge in [-0.1, -0.05) is 103 Å². The second kappa shape index (κ2) is 15.0. The predicted octanol–water partition coefficient (Wildman–Crippen LogP) is 6.36. The zero-order chi connectivity index (χ0) is 30.8. The maximum absolute atomic E-state index is 14.4. The Morgan fingerprint density at radius 3 is 2.05 bits per heavy atom. The van der Waals surface area contributed by atoms with Gasteiger partial charge in [-0.05, 0) is 53.9 Å². The Balaban J connectivity index is 1.79. The molecule has 1 atom stereocenters. The first kappa shape index (κ1) is 32.1. The number of anilines is 1. The highest BCUT2D eigenvalue weighted by Crippen LogP contribution is 2.27. The van der Waals surface area contributed by atoms with Crippen LogP contribution >= 0.6 is 23.2 Å². The van der Waals surface area contributed by atoms with Crippen LogP contribution in [0.15, 0.2) is 114 Å². The summed E-state index contributed by atoms with van der Waals surface area (Å²) in [6.07, 6.45) is 0.919. The van der Waals surface area contributed by atoms with Crippen LogP contribution in [0.2, 0.25) is 10.0 Å². The number of para-hydroxylation sites is 1. The second-order valence-electron chi connectivity index (χ2n) is 9.91. The summed E-state index contributed by atoms with van der Waals surface area (Å²) in [4.78, 5) is 29.5. The molecule has 4 rings (SSSR count). The lowest BCUT2D eigenvalue weighted by Crippen LogP contribution is -2.53. The lowest BCUT2D eigenvalue weighted by atomic mass is 10.0. The van der Waals surface area contributed by atoms with Gasteiger partial charge in [-0.25, -0.2) is 8.42 Å². The van der Waals surface area contributed by atoms with Crippen molar-refractivity contribution in [3.8, 4) is 0 Å². The van der Waals surface area contributed by atoms with Gasteiger partial charge in [-0.3, -0.25) is 13.9 Å². The number of nitrogens with zero attached hydrogens (tertiary/aromatic N) is 2. The van der Waals surface area contributed by atoms with Crippen LogP contribution in [0.5, 0.6) is 0 Å². The fourth-order valence-electron chi connectivity index (χ4n) is 4.60. The van der Waals surface area contributed by atoms with Gasteiger partial charge in [0.15, 0.2) is 0 Å². The van der Waals surface area contributed by atoms with E-state index in [1.54, 1.807) is 66.7 Å². The van der Waals surface area contributed by atoms with Crippen LogP contribution in [0, 0.1) is 0 Å². The quantitative estimate of drug-likeness (QED) is 0.185. The molecule has 4 aromatic carbocycles. The molecule has 10 heteroatoms. The summed E-state index contributed by atoms with van der Waals surface area (Å²) in [5, 5.41) is 3.68. The first-order valence-corrected chi connectivity index (χ1v) is 16.1. The van der Waals surface area contributed by atoms with Gasteiger partial charge < -0.3 is 10.2 Å². The smallest absolute Gasteiger partial charge is 0.264 e. The van der Waals surface area contributed by atoms with Crippen molar-refractivity contribution < 1.29 is 18.0 Å². The van der Waals surface area contributed by atoms with E-state index in [1.807, 2.05) is 37.3 Å². The third-order valence-electron chi connectivity index (χ3n) is 6.83. The number of carbonyl (C=O) groups is 2. The summed E-state index contributed by atoms with van der Waals surface area (Å²) in [6, 6.07) is 29.7. The highest BCUT2D eigenvalue weighted by molar-refractivity contribution is 7.92. The fourth-order valence-corrected chi connectivity index (χ4v) is 6.50. The van der Waals surface area contributed by atoms with Crippen molar-refractivity contribution in [2.24, 2.45) is 0 Å². The summed E-state index contributed by atoms with van der Waals surface area (Å²) >= 11 is 12.7. The average molecular weight is 639 g/mol. The predicted molar refractivity (Wildman–Crippen MR) is 172 cm³/mol. The van der Waals surface area contributed by atoms with Crippen molar-refractivity contribution in [2.75, 3.05) is 17.4 Å². The monoisotopic (exact) mass is 637 g/mol. The number of halogens is 2. The molecule has 0 heterocycles. The first-order chi connectivity index (χ1) is 20.7. The minimum absolute atomic E-state index is 0.0418. The van der Waals surface area contributed by atoms with Crippen molar-refractivity contribution in [1.29, 1.82) is 0 Å². The Bertz CT molecular complexity index is 1620. The molecule has 2 amide bonds. The Morgan fingerprint density at radius 1 is 0.837 bits per heavy atom. The average Bonchev–Trinajstić information content (AvgIpc) is 3.02. The summed E-state index contributed by atoms with van der Waals surface area (Å²) in [6.45, 7) is 1.78. The zero-order valence-corrected chi connectivity index (χ0v) is 26.0. The van der Waals surface area contributed by atoms with Gasteiger partial charge >= 0.3 is 0 Å². The zero-order valence-electron chi connectivity index (χ0n) is 23.7. The van der Waals surface area contributed by atoms with Crippen LogP contribution in [0.4, 0.5) is 5.69 Å². The molecule has 0 saturated carbocycles. The molecule has 1 N–H and O–H groups in total. The summed E-state index contributed by atoms with van der Waals surface area (Å²) in [5.41, 5.74) is 1.73. The van der Waals surface area contributed by atoms with Crippen molar-refractivity contribution in [3.05, 3.63) is 130 Å². The fraction of sp³-hybridized carbons (Fsp3) is 0.212. The Hall–Kier alpha value is -3.85. The number of amides is 2. The molecule has 0 aliphatic carbocycles. The summed E-state index contributed by atoms with van der Waals surface area (Å²) in [5.74, 6) is -0.914. The van der Waals surface area contributed by atoms with Crippen LogP contribution in [0.3, 0.4) is 0 Å². The first-order valence-electron chi connectivity index (χ1n) is 13.9. The minimum Gasteiger partial charge on any atom is -0.354 e. The molecule has 0 fully saturated rings. The van der Waals surface area contributed by atoms with E-state index in [9.17, 15) is 18.0 Å². The van der Waals surface area contributed by atoms with Crippen molar-refractivity contribution in [3.63, 3.8) is 0 Å². The maximum atomic E-state index is 14.4. The van der Waals surface area contributed by atoms with Crippen LogP contribution in [0.25, 0.3) is 0 Å². The van der Waals surface area contributed by atoms with Crippen LogP contribution in [0.1, 0.15) is 24.5 Å². The standard InChI is InChI=1S/C33H33Cl2N3O4S/c1-2-20-36-33(40)31(21-25-12-6-3-7-13-25)37(23-26-18-19-27(34)22-30(26)35)32(39)24-38(28-14-8-4-9-15-28)43(41,42)29-16-10-5-11-17-29/h3-19,22,31H,2,20-21,23-24H2,1H3,(H,36,40)/t31-/m0/s1. The van der Waals surface area contributed by atoms with Crippen LogP contribution in [-0.4, -0.2) is 44.3 Å². The second-order valence-corrected chi connectivity index (χ2v) is 12.6. The molecule has 0 bridgehead atoms. The van der Waals surface area contributed by atoms with Crippen molar-refractivity contribution in [2.45, 2.75) is 37.2 Å². The normalized spacial score (nSPS) is 11.9. The molecule has 4 aromatic rings. The number of rotatable bonds is 13. The van der Waals surface area contributed by atoms with E-state index in [2.05, 4.69) is 5.32 Å². The molecule has 0 aliphatic heterocycles. The number of hydrogen-bond acceptors (Lipinski definition) is 4. The van der Waals surface area contributed by atoms with E-state index in [-0.39, 0.29) is 23.8 Å². The molecule has 43 heavy (non-hydrogen) atoms. The molecule has 0 spiro atoms. The van der Waals surface area contributed by atoms with E-state index in [1.165, 1.54) is 17.0 Å². The van der Waals surface area contributed by atoms with Gasteiger partial charge in [-0.2, -0.15) is 0 Å². The molecule has 7 nitrogen and oxygen atoms in total. The number of sulfonamides is 1. The molecule has 0 saturated heterocycles. The van der Waals surface area contributed by atoms with Crippen LogP contribution < -0.4 is 9.62 Å². The van der Waals surface area contributed by atoms with Gasteiger partial charge in [0.2, 0.25) is 11.8 Å². The summed E-state index contributed by atoms with van der Waals surface area (Å²) in [7, 11) is -4.15. The van der Waals surface area contributed by atoms with Crippen LogP contribution in [-0.2, 0) is 32.6 Å². The lowest BCUT2D eigenvalue weighted by molar-refractivity contribution is -0.140. The number of nitrogens with one attached hydrogen (secondary N) is 1. The van der Waals surface area contributed by atoms with Gasteiger partial charge in [0.05, 0.1) is 10.6 Å². The number of hydrogen-bond donors (Lipinski definition) is 1. The Labute approximate surface area is 263 Å². The summed E-state index contributed by atoms with van der Waals surface area (Å²) < 4.78 is 28.9. The highest BCUT2D eigenvalue weighted by atomic mass is 35.5. The van der Waals surface area contributed by atoms with Gasteiger partial charge in [-0.15, -0.1) is 0 Å².